The van der Waals surface area contributed by atoms with E-state index in [1.54, 1.807) is 37.4 Å². The number of benzene rings is 1. The lowest BCUT2D eigenvalue weighted by Gasteiger charge is -2.04. The maximum atomic E-state index is 11.9. The molecule has 1 heterocycles. The van der Waals surface area contributed by atoms with Gasteiger partial charge in [-0.2, -0.15) is 0 Å². The van der Waals surface area contributed by atoms with Crippen LogP contribution in [0, 0.1) is 6.92 Å². The summed E-state index contributed by atoms with van der Waals surface area (Å²) < 4.78 is 5.05. The predicted octanol–water partition coefficient (Wildman–Crippen LogP) is 2.90. The maximum Gasteiger partial charge on any atom is 0.265 e. The summed E-state index contributed by atoms with van der Waals surface area (Å²) in [6.45, 7) is 1.89. The normalized spacial score (nSPS) is 10.1. The molecular weight excluding hydrogens is 248 g/mol. The van der Waals surface area contributed by atoms with E-state index in [4.69, 9.17) is 10.5 Å². The third kappa shape index (κ3) is 2.62. The first-order chi connectivity index (χ1) is 8.60. The molecule has 1 amide bonds. The van der Waals surface area contributed by atoms with Crippen molar-refractivity contribution < 1.29 is 9.53 Å². The molecular formula is C13H14N2O2S. The predicted molar refractivity (Wildman–Crippen MR) is 74.4 cm³/mol. The van der Waals surface area contributed by atoms with Crippen molar-refractivity contribution in [1.29, 1.82) is 0 Å². The minimum absolute atomic E-state index is 0.148. The molecule has 0 saturated carbocycles. The van der Waals surface area contributed by atoms with E-state index in [2.05, 4.69) is 5.32 Å². The first-order valence-corrected chi connectivity index (χ1v) is 6.23. The quantitative estimate of drug-likeness (QED) is 0.894. The first-order valence-electron chi connectivity index (χ1n) is 5.41. The van der Waals surface area contributed by atoms with Gasteiger partial charge in [-0.15, -0.1) is 11.3 Å². The van der Waals surface area contributed by atoms with E-state index >= 15 is 0 Å². The minimum atomic E-state index is -0.148. The van der Waals surface area contributed by atoms with Crippen LogP contribution in [0.3, 0.4) is 0 Å². The monoisotopic (exact) mass is 262 g/mol. The molecule has 94 valence electrons. The van der Waals surface area contributed by atoms with E-state index < -0.39 is 0 Å². The number of carbonyl (C=O) groups excluding carboxylic acids is 1. The van der Waals surface area contributed by atoms with E-state index in [9.17, 15) is 4.79 Å². The van der Waals surface area contributed by atoms with E-state index in [1.807, 2.05) is 6.92 Å². The highest BCUT2D eigenvalue weighted by Gasteiger charge is 2.11. The van der Waals surface area contributed by atoms with Crippen molar-refractivity contribution >= 4 is 28.6 Å². The number of anilines is 2. The lowest BCUT2D eigenvalue weighted by atomic mass is 10.3. The van der Waals surface area contributed by atoms with Crippen LogP contribution in [0.25, 0.3) is 0 Å². The minimum Gasteiger partial charge on any atom is -0.497 e. The number of nitrogens with two attached hydrogens (primary N) is 1. The number of amides is 1. The zero-order valence-electron chi connectivity index (χ0n) is 10.2. The molecule has 4 nitrogen and oxygen atoms in total. The number of ether oxygens (including phenoxy) is 1. The van der Waals surface area contributed by atoms with Gasteiger partial charge in [0.25, 0.3) is 5.91 Å². The van der Waals surface area contributed by atoms with Crippen molar-refractivity contribution in [2.24, 2.45) is 0 Å². The second kappa shape index (κ2) is 5.10. The van der Waals surface area contributed by atoms with E-state index in [0.717, 1.165) is 16.3 Å². The van der Waals surface area contributed by atoms with Crippen molar-refractivity contribution in [2.75, 3.05) is 18.2 Å². The molecule has 1 aromatic heterocycles. The molecule has 0 fully saturated rings. The Bertz CT molecular complexity index is 541. The van der Waals surface area contributed by atoms with Crippen LogP contribution in [0.15, 0.2) is 30.3 Å². The number of rotatable bonds is 3. The van der Waals surface area contributed by atoms with Gasteiger partial charge in [0.2, 0.25) is 0 Å². The molecule has 0 atom stereocenters. The Kier molecular flexibility index (Phi) is 3.53. The van der Waals surface area contributed by atoms with E-state index in [1.165, 1.54) is 11.3 Å². The largest absolute Gasteiger partial charge is 0.497 e. The molecule has 0 bridgehead atoms. The lowest BCUT2D eigenvalue weighted by molar-refractivity contribution is 0.103. The molecule has 18 heavy (non-hydrogen) atoms. The van der Waals surface area contributed by atoms with Crippen LogP contribution >= 0.6 is 11.3 Å². The second-order valence-electron chi connectivity index (χ2n) is 3.80. The Morgan fingerprint density at radius 1 is 1.33 bits per heavy atom. The number of methoxy groups -OCH3 is 1. The summed E-state index contributed by atoms with van der Waals surface area (Å²) in [5.74, 6) is 0.606. The summed E-state index contributed by atoms with van der Waals surface area (Å²) >= 11 is 1.39. The number of nitrogen functional groups attached to an aromatic ring is 1. The molecule has 2 aromatic rings. The SMILES string of the molecule is COc1ccc(NC(=O)c2cc(N)c(C)s2)cc1. The van der Waals surface area contributed by atoms with Gasteiger partial charge in [0.05, 0.1) is 12.0 Å². The molecule has 2 rings (SSSR count). The summed E-state index contributed by atoms with van der Waals surface area (Å²) in [5, 5.41) is 2.81. The van der Waals surface area contributed by atoms with Crippen LogP contribution in [0.2, 0.25) is 0 Å². The van der Waals surface area contributed by atoms with Gasteiger partial charge in [-0.1, -0.05) is 0 Å². The third-order valence-corrected chi connectivity index (χ3v) is 3.59. The standard InChI is InChI=1S/C13H14N2O2S/c1-8-11(14)7-12(18-8)13(16)15-9-3-5-10(17-2)6-4-9/h3-7H,14H2,1-2H3,(H,15,16). The highest BCUT2D eigenvalue weighted by Crippen LogP contribution is 2.24. The Balaban J connectivity index is 2.10. The molecule has 0 unspecified atom stereocenters. The number of aryl methyl sites for hydroxylation is 1. The highest BCUT2D eigenvalue weighted by molar-refractivity contribution is 7.14. The summed E-state index contributed by atoms with van der Waals surface area (Å²) in [5.41, 5.74) is 7.10. The summed E-state index contributed by atoms with van der Waals surface area (Å²) in [6, 6.07) is 8.87. The maximum absolute atomic E-state index is 11.9. The molecule has 1 aromatic carbocycles. The number of carbonyl (C=O) groups is 1. The second-order valence-corrected chi connectivity index (χ2v) is 5.06. The first kappa shape index (κ1) is 12.4. The lowest BCUT2D eigenvalue weighted by Crippen LogP contribution is -2.09. The number of thiophene rings is 1. The molecule has 0 aliphatic carbocycles. The molecule has 0 saturated heterocycles. The smallest absolute Gasteiger partial charge is 0.265 e. The van der Waals surface area contributed by atoms with E-state index in [0.29, 0.717) is 10.6 Å². The Morgan fingerprint density at radius 2 is 2.00 bits per heavy atom. The van der Waals surface area contributed by atoms with Crippen LogP contribution in [-0.2, 0) is 0 Å². The Hall–Kier alpha value is -2.01. The number of nitrogens with one attached hydrogen (secondary N) is 1. The van der Waals surface area contributed by atoms with Crippen LogP contribution < -0.4 is 15.8 Å². The molecule has 3 N–H and O–H groups in total. The van der Waals surface area contributed by atoms with Crippen LogP contribution in [0.5, 0.6) is 5.75 Å². The van der Waals surface area contributed by atoms with Crippen molar-refractivity contribution in [2.45, 2.75) is 6.92 Å². The number of hydrogen-bond acceptors (Lipinski definition) is 4. The van der Waals surface area contributed by atoms with Crippen molar-refractivity contribution in [3.8, 4) is 5.75 Å². The summed E-state index contributed by atoms with van der Waals surface area (Å²) in [7, 11) is 1.60. The topological polar surface area (TPSA) is 64.3 Å². The van der Waals surface area contributed by atoms with Gasteiger partial charge in [0.15, 0.2) is 0 Å². The summed E-state index contributed by atoms with van der Waals surface area (Å²) in [6.07, 6.45) is 0. The van der Waals surface area contributed by atoms with Crippen molar-refractivity contribution in [3.63, 3.8) is 0 Å². The van der Waals surface area contributed by atoms with Gasteiger partial charge in [-0.25, -0.2) is 0 Å². The number of hydrogen-bond donors (Lipinski definition) is 2. The van der Waals surface area contributed by atoms with Gasteiger partial charge >= 0.3 is 0 Å². The zero-order chi connectivity index (χ0) is 13.1. The Morgan fingerprint density at radius 3 is 2.50 bits per heavy atom. The fourth-order valence-corrected chi connectivity index (χ4v) is 2.31. The molecule has 0 radical (unpaired) electrons. The molecule has 0 aliphatic rings. The van der Waals surface area contributed by atoms with Gasteiger partial charge in [-0.3, -0.25) is 4.79 Å². The van der Waals surface area contributed by atoms with Crippen molar-refractivity contribution in [3.05, 3.63) is 40.1 Å². The highest BCUT2D eigenvalue weighted by atomic mass is 32.1. The van der Waals surface area contributed by atoms with Gasteiger partial charge in [0, 0.05) is 16.3 Å². The van der Waals surface area contributed by atoms with Crippen LogP contribution in [-0.4, -0.2) is 13.0 Å². The van der Waals surface area contributed by atoms with Crippen LogP contribution in [0.4, 0.5) is 11.4 Å². The fourth-order valence-electron chi connectivity index (χ4n) is 1.48. The summed E-state index contributed by atoms with van der Waals surface area (Å²) in [4.78, 5) is 13.5. The Labute approximate surface area is 109 Å². The van der Waals surface area contributed by atoms with Crippen molar-refractivity contribution in [1.82, 2.24) is 0 Å². The molecule has 0 spiro atoms. The molecule has 5 heteroatoms. The zero-order valence-corrected chi connectivity index (χ0v) is 11.0. The van der Waals surface area contributed by atoms with Gasteiger partial charge in [0.1, 0.15) is 5.75 Å². The van der Waals surface area contributed by atoms with Crippen LogP contribution in [0.1, 0.15) is 14.5 Å². The fraction of sp³-hybridized carbons (Fsp3) is 0.154. The average Bonchev–Trinajstić information content (AvgIpc) is 2.71. The molecule has 0 aliphatic heterocycles. The van der Waals surface area contributed by atoms with Gasteiger partial charge < -0.3 is 15.8 Å². The van der Waals surface area contributed by atoms with E-state index in [-0.39, 0.29) is 5.91 Å². The van der Waals surface area contributed by atoms with Gasteiger partial charge in [-0.05, 0) is 37.3 Å². The average molecular weight is 262 g/mol. The third-order valence-electron chi connectivity index (χ3n) is 2.53.